The molecule has 0 aliphatic heterocycles. The lowest BCUT2D eigenvalue weighted by atomic mass is 10.0. The van der Waals surface area contributed by atoms with Crippen molar-refractivity contribution >= 4 is 5.57 Å². The molecule has 0 saturated carbocycles. The minimum absolute atomic E-state index is 0.113. The van der Waals surface area contributed by atoms with Crippen LogP contribution in [0.4, 0.5) is 0 Å². The lowest BCUT2D eigenvalue weighted by Crippen LogP contribution is -1.92. The van der Waals surface area contributed by atoms with E-state index in [0.717, 1.165) is 11.1 Å². The van der Waals surface area contributed by atoms with E-state index in [1.54, 1.807) is 0 Å². The van der Waals surface area contributed by atoms with Crippen LogP contribution < -0.4 is 0 Å². The Labute approximate surface area is 79.7 Å². The van der Waals surface area contributed by atoms with Crippen LogP contribution in [0.3, 0.4) is 0 Å². The molecule has 1 nitrogen and oxygen atoms in total. The van der Waals surface area contributed by atoms with Crippen molar-refractivity contribution in [1.29, 1.82) is 0 Å². The minimum Gasteiger partial charge on any atom is -0.392 e. The maximum absolute atomic E-state index is 9.16. The fourth-order valence-corrected chi connectivity index (χ4v) is 1.29. The molecule has 0 heterocycles. The van der Waals surface area contributed by atoms with Gasteiger partial charge in [0.15, 0.2) is 0 Å². The Hall–Kier alpha value is -1.08. The van der Waals surface area contributed by atoms with Gasteiger partial charge in [-0.05, 0) is 17.1 Å². The Morgan fingerprint density at radius 2 is 1.92 bits per heavy atom. The van der Waals surface area contributed by atoms with E-state index in [1.807, 2.05) is 30.3 Å². The van der Waals surface area contributed by atoms with Crippen LogP contribution in [0, 0.1) is 5.92 Å². The normalized spacial score (nSPS) is 12.2. The van der Waals surface area contributed by atoms with Gasteiger partial charge in [-0.25, -0.2) is 0 Å². The maximum Gasteiger partial charge on any atom is 0.0684 e. The Morgan fingerprint density at radius 3 is 2.38 bits per heavy atom. The van der Waals surface area contributed by atoms with Crippen LogP contribution in [-0.2, 0) is 0 Å². The zero-order valence-electron chi connectivity index (χ0n) is 8.20. The van der Waals surface area contributed by atoms with Crippen molar-refractivity contribution < 1.29 is 5.11 Å². The predicted molar refractivity (Wildman–Crippen MR) is 56.3 cm³/mol. The molecule has 0 fully saturated rings. The summed E-state index contributed by atoms with van der Waals surface area (Å²) < 4.78 is 0. The molecule has 13 heavy (non-hydrogen) atoms. The first-order valence-electron chi connectivity index (χ1n) is 4.61. The van der Waals surface area contributed by atoms with Gasteiger partial charge in [-0.3, -0.25) is 0 Å². The van der Waals surface area contributed by atoms with Crippen molar-refractivity contribution in [3.8, 4) is 0 Å². The monoisotopic (exact) mass is 176 g/mol. The van der Waals surface area contributed by atoms with Gasteiger partial charge in [-0.2, -0.15) is 0 Å². The lowest BCUT2D eigenvalue weighted by molar-refractivity contribution is 0.349. The number of aliphatic hydroxyl groups is 1. The van der Waals surface area contributed by atoms with Crippen LogP contribution in [0.2, 0.25) is 0 Å². The highest BCUT2D eigenvalue weighted by Gasteiger charge is 1.99. The second kappa shape index (κ2) is 4.83. The van der Waals surface area contributed by atoms with Gasteiger partial charge in [0, 0.05) is 0 Å². The summed E-state index contributed by atoms with van der Waals surface area (Å²) in [5.74, 6) is 0.474. The summed E-state index contributed by atoms with van der Waals surface area (Å²) in [6.07, 6.45) is 2.09. The first-order chi connectivity index (χ1) is 6.24. The number of rotatable bonds is 3. The molecule has 0 spiro atoms. The largest absolute Gasteiger partial charge is 0.392 e. The molecule has 0 aliphatic carbocycles. The number of allylic oxidation sites excluding steroid dienone is 1. The average Bonchev–Trinajstić information content (AvgIpc) is 2.15. The van der Waals surface area contributed by atoms with Gasteiger partial charge >= 0.3 is 0 Å². The van der Waals surface area contributed by atoms with Gasteiger partial charge in [0.1, 0.15) is 0 Å². The molecule has 0 atom stereocenters. The van der Waals surface area contributed by atoms with Gasteiger partial charge in [0.25, 0.3) is 0 Å². The fourth-order valence-electron chi connectivity index (χ4n) is 1.29. The number of hydrogen-bond donors (Lipinski definition) is 1. The molecule has 0 bridgehead atoms. The van der Waals surface area contributed by atoms with Gasteiger partial charge in [0.05, 0.1) is 6.61 Å². The van der Waals surface area contributed by atoms with E-state index in [-0.39, 0.29) is 6.61 Å². The summed E-state index contributed by atoms with van der Waals surface area (Å²) in [4.78, 5) is 0. The minimum atomic E-state index is 0.113. The van der Waals surface area contributed by atoms with E-state index in [0.29, 0.717) is 5.92 Å². The number of aliphatic hydroxyl groups excluding tert-OH is 1. The van der Waals surface area contributed by atoms with Crippen LogP contribution in [-0.4, -0.2) is 11.7 Å². The molecular formula is C12H16O. The molecule has 1 N–H and O–H groups in total. The van der Waals surface area contributed by atoms with Crippen molar-refractivity contribution in [1.82, 2.24) is 0 Å². The third kappa shape index (κ3) is 3.03. The van der Waals surface area contributed by atoms with E-state index in [9.17, 15) is 0 Å². The summed E-state index contributed by atoms with van der Waals surface area (Å²) in [5.41, 5.74) is 2.12. The summed E-state index contributed by atoms with van der Waals surface area (Å²) in [6.45, 7) is 4.33. The first kappa shape index (κ1) is 10.0. The van der Waals surface area contributed by atoms with E-state index < -0.39 is 0 Å². The standard InChI is InChI=1S/C12H16O/c1-10(2)8-12(9-13)11-6-4-3-5-7-11/h3-8,10,13H,9H2,1-2H3/b12-8+. The van der Waals surface area contributed by atoms with Crippen molar-refractivity contribution in [2.24, 2.45) is 5.92 Å². The molecule has 0 aliphatic rings. The second-order valence-corrected chi connectivity index (χ2v) is 3.46. The molecule has 70 valence electrons. The average molecular weight is 176 g/mol. The molecule has 0 amide bonds. The van der Waals surface area contributed by atoms with Crippen molar-refractivity contribution in [2.45, 2.75) is 13.8 Å². The molecule has 0 radical (unpaired) electrons. The van der Waals surface area contributed by atoms with E-state index in [1.165, 1.54) is 0 Å². The molecule has 0 saturated heterocycles. The molecule has 1 aromatic rings. The van der Waals surface area contributed by atoms with E-state index in [4.69, 9.17) is 5.11 Å². The van der Waals surface area contributed by atoms with Crippen LogP contribution in [0.1, 0.15) is 19.4 Å². The van der Waals surface area contributed by atoms with Gasteiger partial charge in [-0.15, -0.1) is 0 Å². The summed E-state index contributed by atoms with van der Waals surface area (Å²) >= 11 is 0. The highest BCUT2D eigenvalue weighted by atomic mass is 16.3. The number of benzene rings is 1. The van der Waals surface area contributed by atoms with Gasteiger partial charge < -0.3 is 5.11 Å². The van der Waals surface area contributed by atoms with Crippen molar-refractivity contribution in [2.75, 3.05) is 6.61 Å². The highest BCUT2D eigenvalue weighted by Crippen LogP contribution is 2.15. The molecular weight excluding hydrogens is 160 g/mol. The molecule has 1 aromatic carbocycles. The highest BCUT2D eigenvalue weighted by molar-refractivity contribution is 5.66. The van der Waals surface area contributed by atoms with Crippen LogP contribution >= 0.6 is 0 Å². The zero-order valence-corrected chi connectivity index (χ0v) is 8.20. The second-order valence-electron chi connectivity index (χ2n) is 3.46. The molecule has 0 unspecified atom stereocenters. The third-order valence-electron chi connectivity index (χ3n) is 1.85. The quantitative estimate of drug-likeness (QED) is 0.750. The zero-order chi connectivity index (χ0) is 9.68. The first-order valence-corrected chi connectivity index (χ1v) is 4.61. The van der Waals surface area contributed by atoms with Crippen molar-refractivity contribution in [3.63, 3.8) is 0 Å². The SMILES string of the molecule is CC(C)/C=C(\CO)c1ccccc1. The Morgan fingerprint density at radius 1 is 1.31 bits per heavy atom. The smallest absolute Gasteiger partial charge is 0.0684 e. The van der Waals surface area contributed by atoms with Gasteiger partial charge in [-0.1, -0.05) is 50.3 Å². The Bertz CT molecular complexity index is 272. The van der Waals surface area contributed by atoms with E-state index >= 15 is 0 Å². The molecule has 1 rings (SSSR count). The van der Waals surface area contributed by atoms with Crippen molar-refractivity contribution in [3.05, 3.63) is 42.0 Å². The predicted octanol–water partition coefficient (Wildman–Crippen LogP) is 2.72. The maximum atomic E-state index is 9.16. The Balaban J connectivity index is 2.91. The van der Waals surface area contributed by atoms with Crippen LogP contribution in [0.15, 0.2) is 36.4 Å². The summed E-state index contributed by atoms with van der Waals surface area (Å²) in [7, 11) is 0. The topological polar surface area (TPSA) is 20.2 Å². The van der Waals surface area contributed by atoms with Gasteiger partial charge in [0.2, 0.25) is 0 Å². The third-order valence-corrected chi connectivity index (χ3v) is 1.85. The lowest BCUT2D eigenvalue weighted by Gasteiger charge is -2.05. The summed E-state index contributed by atoms with van der Waals surface area (Å²) in [6, 6.07) is 9.99. The van der Waals surface area contributed by atoms with Crippen LogP contribution in [0.5, 0.6) is 0 Å². The molecule has 1 heteroatoms. The van der Waals surface area contributed by atoms with E-state index in [2.05, 4.69) is 19.9 Å². The Kier molecular flexibility index (Phi) is 3.71. The fraction of sp³-hybridized carbons (Fsp3) is 0.333. The number of hydrogen-bond acceptors (Lipinski definition) is 1. The summed E-state index contributed by atoms with van der Waals surface area (Å²) in [5, 5.41) is 9.16. The molecule has 0 aromatic heterocycles. The van der Waals surface area contributed by atoms with Crippen LogP contribution in [0.25, 0.3) is 5.57 Å².